The van der Waals surface area contributed by atoms with E-state index in [1.54, 1.807) is 0 Å². The molecule has 0 fully saturated rings. The molecule has 0 saturated carbocycles. The fraction of sp³-hybridized carbons (Fsp3) is 0.600. The zero-order valence-electron chi connectivity index (χ0n) is 7.60. The van der Waals surface area contributed by atoms with Gasteiger partial charge in [-0.2, -0.15) is 0 Å². The first-order chi connectivity index (χ1) is 5.16. The van der Waals surface area contributed by atoms with E-state index in [4.69, 9.17) is 0 Å². The van der Waals surface area contributed by atoms with E-state index in [-0.39, 0.29) is 0 Å². The molecule has 0 aliphatic heterocycles. The van der Waals surface area contributed by atoms with Gasteiger partial charge in [-0.25, -0.2) is 0 Å². The summed E-state index contributed by atoms with van der Waals surface area (Å²) in [5, 5.41) is 0. The summed E-state index contributed by atoms with van der Waals surface area (Å²) >= 11 is 3.27. The molecule has 0 heterocycles. The molecule has 0 spiro atoms. The number of rotatable bonds is 4. The Morgan fingerprint density at radius 1 is 1.45 bits per heavy atom. The molecule has 1 atom stereocenters. The highest BCUT2D eigenvalue weighted by atomic mass is 79.9. The van der Waals surface area contributed by atoms with E-state index in [9.17, 15) is 0 Å². The summed E-state index contributed by atoms with van der Waals surface area (Å²) in [5.74, 6) is 0.685. The van der Waals surface area contributed by atoms with Crippen LogP contribution in [-0.4, -0.2) is 0 Å². The molecule has 0 aromatic carbocycles. The Balaban J connectivity index is 3.46. The SMILES string of the molecule is CC(C)=CCCC(C)/C=C/Br. The van der Waals surface area contributed by atoms with Gasteiger partial charge in [0.05, 0.1) is 0 Å². The molecule has 0 aromatic rings. The van der Waals surface area contributed by atoms with Gasteiger partial charge >= 0.3 is 0 Å². The predicted molar refractivity (Wildman–Crippen MR) is 55.9 cm³/mol. The van der Waals surface area contributed by atoms with Gasteiger partial charge < -0.3 is 0 Å². The largest absolute Gasteiger partial charge is 0.0859 e. The van der Waals surface area contributed by atoms with Crippen molar-refractivity contribution in [1.29, 1.82) is 0 Å². The fourth-order valence-electron chi connectivity index (χ4n) is 0.855. The van der Waals surface area contributed by atoms with Gasteiger partial charge in [-0.1, -0.05) is 40.6 Å². The van der Waals surface area contributed by atoms with Crippen LogP contribution in [0.1, 0.15) is 33.6 Å². The van der Waals surface area contributed by atoms with E-state index in [2.05, 4.69) is 48.9 Å². The van der Waals surface area contributed by atoms with Gasteiger partial charge in [0.25, 0.3) is 0 Å². The van der Waals surface area contributed by atoms with Crippen LogP contribution in [0.5, 0.6) is 0 Å². The van der Waals surface area contributed by atoms with Crippen LogP contribution < -0.4 is 0 Å². The van der Waals surface area contributed by atoms with Crippen molar-refractivity contribution in [2.75, 3.05) is 0 Å². The van der Waals surface area contributed by atoms with E-state index in [1.165, 1.54) is 18.4 Å². The minimum atomic E-state index is 0.685. The van der Waals surface area contributed by atoms with E-state index in [0.29, 0.717) is 5.92 Å². The average Bonchev–Trinajstić information content (AvgIpc) is 1.87. The molecule has 0 aliphatic rings. The summed E-state index contributed by atoms with van der Waals surface area (Å²) in [6.45, 7) is 6.52. The first-order valence-corrected chi connectivity index (χ1v) is 4.98. The molecular formula is C10H17Br. The van der Waals surface area contributed by atoms with Crippen LogP contribution in [0.25, 0.3) is 0 Å². The zero-order chi connectivity index (χ0) is 8.69. The van der Waals surface area contributed by atoms with Crippen molar-refractivity contribution in [2.24, 2.45) is 5.92 Å². The molecule has 0 N–H and O–H groups in total. The Hall–Kier alpha value is -0.0400. The lowest BCUT2D eigenvalue weighted by Crippen LogP contribution is -1.86. The van der Waals surface area contributed by atoms with Gasteiger partial charge in [0.15, 0.2) is 0 Å². The van der Waals surface area contributed by atoms with Crippen LogP contribution in [0.3, 0.4) is 0 Å². The molecule has 0 saturated heterocycles. The van der Waals surface area contributed by atoms with Crippen LogP contribution in [-0.2, 0) is 0 Å². The van der Waals surface area contributed by atoms with Crippen LogP contribution >= 0.6 is 15.9 Å². The van der Waals surface area contributed by atoms with E-state index in [1.807, 2.05) is 4.99 Å². The summed E-state index contributed by atoms with van der Waals surface area (Å²) in [5.41, 5.74) is 1.42. The summed E-state index contributed by atoms with van der Waals surface area (Å²) < 4.78 is 0. The topological polar surface area (TPSA) is 0 Å². The summed E-state index contributed by atoms with van der Waals surface area (Å²) in [4.78, 5) is 1.94. The minimum absolute atomic E-state index is 0.685. The normalized spacial score (nSPS) is 13.5. The van der Waals surface area contributed by atoms with Crippen LogP contribution in [0.2, 0.25) is 0 Å². The van der Waals surface area contributed by atoms with Gasteiger partial charge in [-0.05, 0) is 37.6 Å². The Morgan fingerprint density at radius 2 is 2.09 bits per heavy atom. The van der Waals surface area contributed by atoms with Gasteiger partial charge in [0.2, 0.25) is 0 Å². The molecule has 0 amide bonds. The lowest BCUT2D eigenvalue weighted by atomic mass is 10.1. The van der Waals surface area contributed by atoms with Gasteiger partial charge in [0, 0.05) is 0 Å². The Morgan fingerprint density at radius 3 is 2.55 bits per heavy atom. The molecule has 0 aromatic heterocycles. The third kappa shape index (κ3) is 7.86. The maximum absolute atomic E-state index is 3.27. The second-order valence-corrected chi connectivity index (χ2v) is 3.68. The van der Waals surface area contributed by atoms with Crippen molar-refractivity contribution >= 4 is 15.9 Å². The lowest BCUT2D eigenvalue weighted by Gasteiger charge is -2.01. The number of hydrogen-bond acceptors (Lipinski definition) is 0. The Labute approximate surface area is 78.5 Å². The maximum Gasteiger partial charge on any atom is -0.0226 e. The second-order valence-electron chi connectivity index (χ2n) is 3.15. The van der Waals surface area contributed by atoms with Gasteiger partial charge in [0.1, 0.15) is 0 Å². The molecule has 0 radical (unpaired) electrons. The van der Waals surface area contributed by atoms with E-state index >= 15 is 0 Å². The fourth-order valence-corrected chi connectivity index (χ4v) is 1.38. The predicted octanol–water partition coefficient (Wildman–Crippen LogP) is 4.28. The molecule has 64 valence electrons. The molecule has 0 rings (SSSR count). The van der Waals surface area contributed by atoms with Crippen molar-refractivity contribution in [3.8, 4) is 0 Å². The Kier molecular flexibility index (Phi) is 6.63. The second kappa shape index (κ2) is 6.66. The third-order valence-electron chi connectivity index (χ3n) is 1.58. The summed E-state index contributed by atoms with van der Waals surface area (Å²) in [7, 11) is 0. The highest BCUT2D eigenvalue weighted by molar-refractivity contribution is 9.11. The van der Waals surface area contributed by atoms with Crippen LogP contribution in [0, 0.1) is 5.92 Å². The summed E-state index contributed by atoms with van der Waals surface area (Å²) in [6, 6.07) is 0. The highest BCUT2D eigenvalue weighted by Crippen LogP contribution is 2.09. The molecule has 0 nitrogen and oxygen atoms in total. The van der Waals surface area contributed by atoms with Crippen molar-refractivity contribution in [3.05, 3.63) is 22.7 Å². The number of hydrogen-bond donors (Lipinski definition) is 0. The van der Waals surface area contributed by atoms with Crippen LogP contribution in [0.15, 0.2) is 22.7 Å². The Bertz CT molecular complexity index is 141. The van der Waals surface area contributed by atoms with Crippen molar-refractivity contribution in [2.45, 2.75) is 33.6 Å². The molecule has 0 bridgehead atoms. The van der Waals surface area contributed by atoms with Gasteiger partial charge in [-0.3, -0.25) is 0 Å². The van der Waals surface area contributed by atoms with E-state index < -0.39 is 0 Å². The molecule has 0 aliphatic carbocycles. The number of allylic oxidation sites excluding steroid dienone is 3. The van der Waals surface area contributed by atoms with Crippen molar-refractivity contribution in [3.63, 3.8) is 0 Å². The maximum atomic E-state index is 3.27. The summed E-state index contributed by atoms with van der Waals surface area (Å²) in [6.07, 6.45) is 6.91. The standard InChI is InChI=1S/C10H17Br/c1-9(2)5-4-6-10(3)7-8-11/h5,7-8,10H,4,6H2,1-3H3/b8-7+. The van der Waals surface area contributed by atoms with Crippen molar-refractivity contribution < 1.29 is 0 Å². The molecule has 1 unspecified atom stereocenters. The monoisotopic (exact) mass is 216 g/mol. The quantitative estimate of drug-likeness (QED) is 0.616. The first kappa shape index (κ1) is 11.0. The van der Waals surface area contributed by atoms with Crippen LogP contribution in [0.4, 0.5) is 0 Å². The zero-order valence-corrected chi connectivity index (χ0v) is 9.19. The average molecular weight is 217 g/mol. The highest BCUT2D eigenvalue weighted by Gasteiger charge is 1.93. The smallest absolute Gasteiger partial charge is 0.0226 e. The molecule has 11 heavy (non-hydrogen) atoms. The number of halogens is 1. The van der Waals surface area contributed by atoms with Crippen molar-refractivity contribution in [1.82, 2.24) is 0 Å². The third-order valence-corrected chi connectivity index (χ3v) is 1.88. The minimum Gasteiger partial charge on any atom is -0.0859 e. The van der Waals surface area contributed by atoms with E-state index in [0.717, 1.165) is 0 Å². The lowest BCUT2D eigenvalue weighted by molar-refractivity contribution is 0.657. The molecular weight excluding hydrogens is 200 g/mol. The van der Waals surface area contributed by atoms with Gasteiger partial charge in [-0.15, -0.1) is 0 Å². The molecule has 1 heteroatoms. The first-order valence-electron chi connectivity index (χ1n) is 4.07.